The van der Waals surface area contributed by atoms with Crippen LogP contribution in [-0.4, -0.2) is 27.9 Å². The highest BCUT2D eigenvalue weighted by atomic mass is 16.5. The Morgan fingerprint density at radius 2 is 2.36 bits per heavy atom. The SMILES string of the molecule is CC(C)COCCn1cncc1CO. The maximum absolute atomic E-state index is 8.95. The molecular weight excluding hydrogens is 180 g/mol. The van der Waals surface area contributed by atoms with Gasteiger partial charge in [-0.1, -0.05) is 13.8 Å². The molecule has 1 aromatic heterocycles. The molecule has 0 atom stereocenters. The van der Waals surface area contributed by atoms with Gasteiger partial charge >= 0.3 is 0 Å². The normalized spacial score (nSPS) is 11.1. The second-order valence-corrected chi connectivity index (χ2v) is 3.71. The number of hydrogen-bond acceptors (Lipinski definition) is 3. The van der Waals surface area contributed by atoms with Crippen molar-refractivity contribution in [2.24, 2.45) is 5.92 Å². The molecule has 1 N–H and O–H groups in total. The summed E-state index contributed by atoms with van der Waals surface area (Å²) >= 11 is 0. The average molecular weight is 198 g/mol. The maximum atomic E-state index is 8.95. The van der Waals surface area contributed by atoms with Crippen LogP contribution in [0, 0.1) is 5.92 Å². The molecule has 80 valence electrons. The van der Waals surface area contributed by atoms with Gasteiger partial charge in [-0.15, -0.1) is 0 Å². The van der Waals surface area contributed by atoms with E-state index in [2.05, 4.69) is 18.8 Å². The van der Waals surface area contributed by atoms with Crippen molar-refractivity contribution >= 4 is 0 Å². The highest BCUT2D eigenvalue weighted by molar-refractivity contribution is 4.95. The van der Waals surface area contributed by atoms with Gasteiger partial charge in [-0.25, -0.2) is 4.98 Å². The molecule has 0 amide bonds. The van der Waals surface area contributed by atoms with Crippen molar-refractivity contribution < 1.29 is 9.84 Å². The first-order chi connectivity index (χ1) is 6.74. The summed E-state index contributed by atoms with van der Waals surface area (Å²) in [7, 11) is 0. The quantitative estimate of drug-likeness (QED) is 0.695. The molecule has 0 bridgehead atoms. The van der Waals surface area contributed by atoms with Gasteiger partial charge in [0, 0.05) is 13.2 Å². The summed E-state index contributed by atoms with van der Waals surface area (Å²) in [6, 6.07) is 0. The Balaban J connectivity index is 2.24. The van der Waals surface area contributed by atoms with Crippen LogP contribution >= 0.6 is 0 Å². The second-order valence-electron chi connectivity index (χ2n) is 3.71. The maximum Gasteiger partial charge on any atom is 0.0949 e. The third-order valence-corrected chi connectivity index (χ3v) is 1.89. The third-order valence-electron chi connectivity index (χ3n) is 1.89. The van der Waals surface area contributed by atoms with Crippen LogP contribution in [0.25, 0.3) is 0 Å². The first-order valence-electron chi connectivity index (χ1n) is 4.91. The molecule has 14 heavy (non-hydrogen) atoms. The molecule has 0 spiro atoms. The van der Waals surface area contributed by atoms with Crippen LogP contribution < -0.4 is 0 Å². The van der Waals surface area contributed by atoms with Crippen LogP contribution in [-0.2, 0) is 17.9 Å². The molecule has 0 aliphatic carbocycles. The van der Waals surface area contributed by atoms with Crippen LogP contribution in [0.4, 0.5) is 0 Å². The van der Waals surface area contributed by atoms with E-state index in [4.69, 9.17) is 9.84 Å². The van der Waals surface area contributed by atoms with Gasteiger partial charge in [-0.05, 0) is 5.92 Å². The second kappa shape index (κ2) is 5.78. The first-order valence-corrected chi connectivity index (χ1v) is 4.91. The fourth-order valence-corrected chi connectivity index (χ4v) is 1.16. The monoisotopic (exact) mass is 198 g/mol. The minimum atomic E-state index is 0.0319. The van der Waals surface area contributed by atoms with Crippen LogP contribution in [0.1, 0.15) is 19.5 Å². The summed E-state index contributed by atoms with van der Waals surface area (Å²) in [5.41, 5.74) is 0.832. The highest BCUT2D eigenvalue weighted by Crippen LogP contribution is 1.99. The van der Waals surface area contributed by atoms with E-state index in [1.807, 2.05) is 4.57 Å². The summed E-state index contributed by atoms with van der Waals surface area (Å²) < 4.78 is 7.34. The topological polar surface area (TPSA) is 47.3 Å². The van der Waals surface area contributed by atoms with Gasteiger partial charge in [0.1, 0.15) is 0 Å². The number of rotatable bonds is 6. The van der Waals surface area contributed by atoms with Gasteiger partial charge in [0.05, 0.1) is 31.4 Å². The van der Waals surface area contributed by atoms with Gasteiger partial charge in [0.2, 0.25) is 0 Å². The van der Waals surface area contributed by atoms with E-state index in [9.17, 15) is 0 Å². The molecule has 1 aromatic rings. The summed E-state index contributed by atoms with van der Waals surface area (Å²) in [5, 5.41) is 8.95. The van der Waals surface area contributed by atoms with Crippen molar-refractivity contribution in [1.29, 1.82) is 0 Å². The lowest BCUT2D eigenvalue weighted by Gasteiger charge is -2.08. The molecular formula is C10H18N2O2. The number of nitrogens with zero attached hydrogens (tertiary/aromatic N) is 2. The minimum Gasteiger partial charge on any atom is -0.390 e. The molecule has 1 rings (SSSR count). The minimum absolute atomic E-state index is 0.0319. The van der Waals surface area contributed by atoms with E-state index in [1.165, 1.54) is 0 Å². The molecule has 4 nitrogen and oxygen atoms in total. The van der Waals surface area contributed by atoms with Crippen molar-refractivity contribution in [3.05, 3.63) is 18.2 Å². The number of ether oxygens (including phenoxy) is 1. The number of aromatic nitrogens is 2. The molecule has 0 saturated heterocycles. The third kappa shape index (κ3) is 3.47. The Labute approximate surface area is 84.5 Å². The summed E-state index contributed by atoms with van der Waals surface area (Å²) in [6.45, 7) is 6.48. The lowest BCUT2D eigenvalue weighted by atomic mass is 10.2. The smallest absolute Gasteiger partial charge is 0.0949 e. The van der Waals surface area contributed by atoms with E-state index in [0.717, 1.165) is 18.8 Å². The van der Waals surface area contributed by atoms with Gasteiger partial charge in [-0.2, -0.15) is 0 Å². The van der Waals surface area contributed by atoms with E-state index in [1.54, 1.807) is 12.5 Å². The molecule has 0 fully saturated rings. The fraction of sp³-hybridized carbons (Fsp3) is 0.700. The Morgan fingerprint density at radius 3 is 3.00 bits per heavy atom. The van der Waals surface area contributed by atoms with Crippen LogP contribution in [0.5, 0.6) is 0 Å². The molecule has 4 heteroatoms. The standard InChI is InChI=1S/C10H18N2O2/c1-9(2)7-14-4-3-12-8-11-5-10(12)6-13/h5,8-9,13H,3-4,6-7H2,1-2H3. The zero-order valence-electron chi connectivity index (χ0n) is 8.81. The largest absolute Gasteiger partial charge is 0.390 e. The van der Waals surface area contributed by atoms with Gasteiger partial charge in [0.15, 0.2) is 0 Å². The predicted octanol–water partition coefficient (Wildman–Crippen LogP) is 1.05. The number of imidazole rings is 1. The average Bonchev–Trinajstić information content (AvgIpc) is 2.59. The predicted molar refractivity (Wildman–Crippen MR) is 53.8 cm³/mol. The molecule has 0 saturated carbocycles. The molecule has 0 aromatic carbocycles. The molecule has 0 radical (unpaired) electrons. The Morgan fingerprint density at radius 1 is 1.57 bits per heavy atom. The van der Waals surface area contributed by atoms with Crippen molar-refractivity contribution in [2.45, 2.75) is 27.0 Å². The van der Waals surface area contributed by atoms with Crippen molar-refractivity contribution in [3.63, 3.8) is 0 Å². The van der Waals surface area contributed by atoms with E-state index < -0.39 is 0 Å². The number of hydrogen-bond donors (Lipinski definition) is 1. The lowest BCUT2D eigenvalue weighted by molar-refractivity contribution is 0.102. The zero-order valence-corrected chi connectivity index (χ0v) is 8.81. The van der Waals surface area contributed by atoms with Crippen molar-refractivity contribution in [3.8, 4) is 0 Å². The van der Waals surface area contributed by atoms with Crippen LogP contribution in [0.15, 0.2) is 12.5 Å². The number of aliphatic hydroxyl groups excluding tert-OH is 1. The summed E-state index contributed by atoms with van der Waals surface area (Å²) in [6.07, 6.45) is 3.38. The van der Waals surface area contributed by atoms with E-state index >= 15 is 0 Å². The van der Waals surface area contributed by atoms with Crippen LogP contribution in [0.2, 0.25) is 0 Å². The fourth-order valence-electron chi connectivity index (χ4n) is 1.16. The van der Waals surface area contributed by atoms with Gasteiger partial charge < -0.3 is 14.4 Å². The Bertz CT molecular complexity index is 258. The van der Waals surface area contributed by atoms with Gasteiger partial charge in [0.25, 0.3) is 0 Å². The molecule has 1 heterocycles. The van der Waals surface area contributed by atoms with E-state index in [0.29, 0.717) is 12.5 Å². The first kappa shape index (κ1) is 11.2. The zero-order chi connectivity index (χ0) is 10.4. The molecule has 0 unspecified atom stereocenters. The number of aliphatic hydroxyl groups is 1. The van der Waals surface area contributed by atoms with Crippen molar-refractivity contribution in [1.82, 2.24) is 9.55 Å². The van der Waals surface area contributed by atoms with Gasteiger partial charge in [-0.3, -0.25) is 0 Å². The Kier molecular flexibility index (Phi) is 4.62. The molecule has 0 aliphatic rings. The molecule has 0 aliphatic heterocycles. The highest BCUT2D eigenvalue weighted by Gasteiger charge is 2.00. The Hall–Kier alpha value is -0.870. The summed E-state index contributed by atoms with van der Waals surface area (Å²) in [5.74, 6) is 0.565. The van der Waals surface area contributed by atoms with Crippen molar-refractivity contribution in [2.75, 3.05) is 13.2 Å². The summed E-state index contributed by atoms with van der Waals surface area (Å²) in [4.78, 5) is 3.95. The van der Waals surface area contributed by atoms with E-state index in [-0.39, 0.29) is 6.61 Å². The van der Waals surface area contributed by atoms with Crippen LogP contribution in [0.3, 0.4) is 0 Å². The lowest BCUT2D eigenvalue weighted by Crippen LogP contribution is -2.10.